The van der Waals surface area contributed by atoms with Crippen molar-refractivity contribution in [3.8, 4) is 11.1 Å². The number of hydrogen-bond donors (Lipinski definition) is 1. The normalized spacial score (nSPS) is 18.0. The number of carbonyl (C=O) groups is 3. The van der Waals surface area contributed by atoms with Gasteiger partial charge in [-0.05, 0) is 63.1 Å². The minimum atomic E-state index is -1.17. The number of aryl methyl sites for hydroxylation is 3. The van der Waals surface area contributed by atoms with Gasteiger partial charge < -0.3 is 19.5 Å². The van der Waals surface area contributed by atoms with Crippen LogP contribution in [0.4, 0.5) is 4.39 Å². The minimum absolute atomic E-state index is 0.170. The number of aromatic nitrogens is 4. The summed E-state index contributed by atoms with van der Waals surface area (Å²) in [6.45, 7) is 6.24. The van der Waals surface area contributed by atoms with Crippen LogP contribution in [0.2, 0.25) is 0 Å². The lowest BCUT2D eigenvalue weighted by molar-refractivity contribution is -0.144. The van der Waals surface area contributed by atoms with E-state index in [9.17, 15) is 19.5 Å². The smallest absolute Gasteiger partial charge is 0.312 e. The first-order valence-corrected chi connectivity index (χ1v) is 16.2. The molecule has 0 unspecified atom stereocenters. The van der Waals surface area contributed by atoms with Crippen molar-refractivity contribution in [2.75, 3.05) is 13.1 Å². The highest BCUT2D eigenvalue weighted by molar-refractivity contribution is 6.05. The summed E-state index contributed by atoms with van der Waals surface area (Å²) in [6.07, 6.45) is 5.36. The molecule has 1 aromatic carbocycles. The van der Waals surface area contributed by atoms with E-state index in [0.717, 1.165) is 52.1 Å². The molecule has 4 aromatic rings. The van der Waals surface area contributed by atoms with E-state index in [1.807, 2.05) is 39.1 Å². The summed E-state index contributed by atoms with van der Waals surface area (Å²) < 4.78 is 21.0. The number of amides is 2. The molecular weight excluding hydrogens is 587 g/mol. The van der Waals surface area contributed by atoms with Crippen LogP contribution in [0.5, 0.6) is 0 Å². The van der Waals surface area contributed by atoms with E-state index in [1.165, 1.54) is 0 Å². The Morgan fingerprint density at radius 1 is 1.07 bits per heavy atom. The summed E-state index contributed by atoms with van der Waals surface area (Å²) in [6, 6.07) is 7.60. The first-order valence-electron chi connectivity index (χ1n) is 16.2. The molecule has 1 N–H and O–H groups in total. The van der Waals surface area contributed by atoms with Crippen LogP contribution in [0.15, 0.2) is 30.5 Å². The molecule has 1 saturated carbocycles. The summed E-state index contributed by atoms with van der Waals surface area (Å²) in [5.41, 5.74) is 7.15. The maximum Gasteiger partial charge on any atom is 0.312 e. The predicted molar refractivity (Wildman–Crippen MR) is 170 cm³/mol. The molecule has 0 bridgehead atoms. The van der Waals surface area contributed by atoms with Gasteiger partial charge in [0.1, 0.15) is 6.42 Å². The second-order valence-corrected chi connectivity index (χ2v) is 13.1. The number of pyridine rings is 1. The number of carboxylic acid groups (broad SMARTS) is 1. The van der Waals surface area contributed by atoms with Crippen LogP contribution in [-0.4, -0.2) is 65.1 Å². The van der Waals surface area contributed by atoms with E-state index >= 15 is 4.39 Å². The standard InChI is InChI=1S/C35H39FN6O4/c1-4-28-25(10-7-20(2)38-28)26-12-23(35(46)41-18-24-15-37-39(3)29(24)19-41)13-27-32(36)33(42(34(26)27)16-21-8-9-21)22-6-5-11-40(17-22)30(43)14-31(44)45/h7,10,12-13,15,21-22H,4-6,8-9,11,14,16-19H2,1-3H3,(H,44,45)/t22-/m0/s1. The quantitative estimate of drug-likeness (QED) is 0.269. The number of halogens is 1. The Morgan fingerprint density at radius 3 is 2.59 bits per heavy atom. The summed E-state index contributed by atoms with van der Waals surface area (Å²) in [7, 11) is 1.87. The van der Waals surface area contributed by atoms with Gasteiger partial charge in [-0.2, -0.15) is 5.10 Å². The molecule has 5 heterocycles. The fourth-order valence-electron chi connectivity index (χ4n) is 7.35. The van der Waals surface area contributed by atoms with Crippen molar-refractivity contribution in [2.24, 2.45) is 13.0 Å². The van der Waals surface area contributed by atoms with Gasteiger partial charge >= 0.3 is 5.97 Å². The predicted octanol–water partition coefficient (Wildman–Crippen LogP) is 5.19. The van der Waals surface area contributed by atoms with Gasteiger partial charge in [0.2, 0.25) is 5.91 Å². The second kappa shape index (κ2) is 11.7. The van der Waals surface area contributed by atoms with Crippen molar-refractivity contribution < 1.29 is 23.9 Å². The van der Waals surface area contributed by atoms with E-state index in [4.69, 9.17) is 4.98 Å². The third-order valence-electron chi connectivity index (χ3n) is 9.86. The highest BCUT2D eigenvalue weighted by Crippen LogP contribution is 2.43. The number of carbonyl (C=O) groups excluding carboxylic acids is 2. The number of aliphatic carboxylic acids is 1. The molecule has 3 aromatic heterocycles. The van der Waals surface area contributed by atoms with Crippen molar-refractivity contribution >= 4 is 28.7 Å². The third-order valence-corrected chi connectivity index (χ3v) is 9.86. The Balaban J connectivity index is 1.39. The van der Waals surface area contributed by atoms with Gasteiger partial charge in [0.15, 0.2) is 5.82 Å². The Labute approximate surface area is 266 Å². The molecule has 2 fully saturated rings. The molecule has 46 heavy (non-hydrogen) atoms. The van der Waals surface area contributed by atoms with Gasteiger partial charge in [0.25, 0.3) is 5.91 Å². The maximum absolute atomic E-state index is 17.1. The summed E-state index contributed by atoms with van der Waals surface area (Å²) in [5.74, 6) is -2.02. The molecule has 1 aliphatic carbocycles. The molecule has 2 aliphatic heterocycles. The molecule has 11 heteroatoms. The van der Waals surface area contributed by atoms with E-state index in [-0.39, 0.29) is 24.2 Å². The highest BCUT2D eigenvalue weighted by Gasteiger charge is 2.35. The van der Waals surface area contributed by atoms with Crippen molar-refractivity contribution in [1.29, 1.82) is 0 Å². The van der Waals surface area contributed by atoms with Gasteiger partial charge in [-0.3, -0.25) is 24.0 Å². The number of hydrogen-bond acceptors (Lipinski definition) is 5. The van der Waals surface area contributed by atoms with Gasteiger partial charge in [0.05, 0.1) is 29.6 Å². The first kappa shape index (κ1) is 30.1. The Hall–Kier alpha value is -4.54. The zero-order valence-electron chi connectivity index (χ0n) is 26.6. The van der Waals surface area contributed by atoms with E-state index in [2.05, 4.69) is 9.67 Å². The lowest BCUT2D eigenvalue weighted by Crippen LogP contribution is -2.40. The highest BCUT2D eigenvalue weighted by atomic mass is 19.1. The zero-order valence-corrected chi connectivity index (χ0v) is 26.6. The summed E-state index contributed by atoms with van der Waals surface area (Å²) >= 11 is 0. The van der Waals surface area contributed by atoms with E-state index in [1.54, 1.807) is 26.7 Å². The monoisotopic (exact) mass is 626 g/mol. The van der Waals surface area contributed by atoms with Crippen LogP contribution < -0.4 is 0 Å². The van der Waals surface area contributed by atoms with Crippen LogP contribution in [0.1, 0.15) is 83.6 Å². The zero-order chi connectivity index (χ0) is 32.3. The molecular formula is C35H39FN6O4. The molecule has 7 rings (SSSR count). The fourth-order valence-corrected chi connectivity index (χ4v) is 7.35. The number of piperidine rings is 1. The average molecular weight is 627 g/mol. The maximum atomic E-state index is 17.1. The van der Waals surface area contributed by atoms with Gasteiger partial charge in [-0.1, -0.05) is 13.0 Å². The SMILES string of the molecule is CCc1nc(C)ccc1-c1cc(C(=O)N2Cc3cnn(C)c3C2)cc2c(F)c([C@H]3CCCN(C(=O)CC(=O)O)C3)n(CC3CC3)c12. The van der Waals surface area contributed by atoms with Crippen molar-refractivity contribution in [1.82, 2.24) is 29.1 Å². The largest absolute Gasteiger partial charge is 0.481 e. The third kappa shape index (κ3) is 5.35. The van der Waals surface area contributed by atoms with E-state index in [0.29, 0.717) is 68.0 Å². The topological polar surface area (TPSA) is 114 Å². The number of rotatable bonds is 8. The molecule has 1 saturated heterocycles. The molecule has 2 amide bonds. The van der Waals surface area contributed by atoms with Crippen molar-refractivity contribution in [3.63, 3.8) is 0 Å². The second-order valence-electron chi connectivity index (χ2n) is 13.1. The number of nitrogens with zero attached hydrogens (tertiary/aromatic N) is 6. The van der Waals surface area contributed by atoms with Crippen LogP contribution in [0, 0.1) is 18.7 Å². The van der Waals surface area contributed by atoms with Gasteiger partial charge in [-0.25, -0.2) is 4.39 Å². The van der Waals surface area contributed by atoms with Crippen LogP contribution in [-0.2, 0) is 42.7 Å². The number of carboxylic acids is 1. The lowest BCUT2D eigenvalue weighted by atomic mass is 9.93. The summed E-state index contributed by atoms with van der Waals surface area (Å²) in [5, 5.41) is 13.9. The van der Waals surface area contributed by atoms with Crippen LogP contribution in [0.25, 0.3) is 22.0 Å². The Bertz CT molecular complexity index is 1890. The Kier molecular flexibility index (Phi) is 7.65. The molecule has 240 valence electrons. The van der Waals surface area contributed by atoms with Gasteiger partial charge in [-0.15, -0.1) is 0 Å². The number of benzene rings is 1. The van der Waals surface area contributed by atoms with Crippen molar-refractivity contribution in [3.05, 3.63) is 70.2 Å². The minimum Gasteiger partial charge on any atom is -0.481 e. The van der Waals surface area contributed by atoms with Crippen LogP contribution >= 0.6 is 0 Å². The number of likely N-dealkylation sites (tertiary alicyclic amines) is 1. The van der Waals surface area contributed by atoms with Gasteiger partial charge in [0, 0.05) is 78.2 Å². The lowest BCUT2D eigenvalue weighted by Gasteiger charge is -2.33. The molecule has 0 radical (unpaired) electrons. The number of fused-ring (bicyclic) bond motifs is 2. The van der Waals surface area contributed by atoms with Crippen molar-refractivity contribution in [2.45, 2.75) is 77.9 Å². The first-order chi connectivity index (χ1) is 22.1. The molecule has 1 atom stereocenters. The van der Waals surface area contributed by atoms with Crippen LogP contribution in [0.3, 0.4) is 0 Å². The molecule has 0 spiro atoms. The fraction of sp³-hybridized carbons (Fsp3) is 0.457. The molecule has 3 aliphatic rings. The molecule has 10 nitrogen and oxygen atoms in total. The average Bonchev–Trinajstić information content (AvgIpc) is 3.55. The Morgan fingerprint density at radius 2 is 1.87 bits per heavy atom. The summed E-state index contributed by atoms with van der Waals surface area (Å²) in [4.78, 5) is 46.4. The van der Waals surface area contributed by atoms with E-state index < -0.39 is 18.3 Å².